The number of rotatable bonds is 6. The van der Waals surface area contributed by atoms with Crippen LogP contribution in [0, 0.1) is 13.7 Å². The van der Waals surface area contributed by atoms with Crippen LogP contribution in [0.1, 0.15) is 15.9 Å². The molecule has 0 radical (unpaired) electrons. The fraction of sp³-hybridized carbons (Fsp3) is 0.176. The van der Waals surface area contributed by atoms with Crippen molar-refractivity contribution in [2.45, 2.75) is 6.54 Å². The van der Waals surface area contributed by atoms with Crippen LogP contribution in [0.2, 0.25) is 5.02 Å². The van der Waals surface area contributed by atoms with Gasteiger partial charge in [0.1, 0.15) is 0 Å². The van der Waals surface area contributed by atoms with Gasteiger partial charge >= 0.3 is 0 Å². The predicted molar refractivity (Wildman–Crippen MR) is 106 cm³/mol. The van der Waals surface area contributed by atoms with Gasteiger partial charge in [-0.2, -0.15) is 0 Å². The van der Waals surface area contributed by atoms with Gasteiger partial charge in [-0.3, -0.25) is 19.7 Å². The van der Waals surface area contributed by atoms with Gasteiger partial charge in [0.15, 0.2) is 0 Å². The quantitative estimate of drug-likeness (QED) is 0.385. The van der Waals surface area contributed by atoms with E-state index in [0.29, 0.717) is 16.1 Å². The molecule has 0 spiro atoms. The van der Waals surface area contributed by atoms with Gasteiger partial charge in [0.2, 0.25) is 5.91 Å². The van der Waals surface area contributed by atoms with Gasteiger partial charge in [-0.15, -0.1) is 0 Å². The van der Waals surface area contributed by atoms with Gasteiger partial charge in [-0.25, -0.2) is 0 Å². The van der Waals surface area contributed by atoms with Crippen molar-refractivity contribution < 1.29 is 14.5 Å². The number of hydrogen-bond donors (Lipinski definition) is 1. The minimum atomic E-state index is -0.524. The van der Waals surface area contributed by atoms with Crippen LogP contribution in [-0.2, 0) is 11.3 Å². The van der Waals surface area contributed by atoms with Crippen molar-refractivity contribution in [1.29, 1.82) is 0 Å². The van der Waals surface area contributed by atoms with Crippen LogP contribution in [0.4, 0.5) is 5.69 Å². The molecule has 9 heteroatoms. The molecule has 0 bridgehead atoms. The largest absolute Gasteiger partial charge is 0.343 e. The lowest BCUT2D eigenvalue weighted by atomic mass is 10.2. The van der Waals surface area contributed by atoms with Crippen molar-refractivity contribution in [1.82, 2.24) is 10.2 Å². The highest BCUT2D eigenvalue weighted by molar-refractivity contribution is 14.1. The van der Waals surface area contributed by atoms with Gasteiger partial charge < -0.3 is 10.2 Å². The molecule has 0 aliphatic rings. The number of halogens is 2. The summed E-state index contributed by atoms with van der Waals surface area (Å²) >= 11 is 8.09. The molecule has 0 atom stereocenters. The number of nitro benzene ring substituents is 1. The first-order valence-corrected chi connectivity index (χ1v) is 8.94. The number of hydrogen-bond acceptors (Lipinski definition) is 4. The zero-order chi connectivity index (χ0) is 19.3. The SMILES string of the molecule is CN(Cc1cc([N+](=O)[O-])ccc1Cl)C(=O)CNC(=O)c1ccccc1I. The van der Waals surface area contributed by atoms with Crippen LogP contribution < -0.4 is 5.32 Å². The molecule has 0 unspecified atom stereocenters. The molecular weight excluding hydrogens is 473 g/mol. The number of benzene rings is 2. The molecule has 0 saturated heterocycles. The second kappa shape index (κ2) is 8.95. The van der Waals surface area contributed by atoms with Crippen LogP contribution in [0.15, 0.2) is 42.5 Å². The van der Waals surface area contributed by atoms with E-state index in [9.17, 15) is 19.7 Å². The summed E-state index contributed by atoms with van der Waals surface area (Å²) < 4.78 is 0.784. The Morgan fingerprint density at radius 2 is 1.96 bits per heavy atom. The van der Waals surface area contributed by atoms with Gasteiger partial charge in [0.05, 0.1) is 17.0 Å². The summed E-state index contributed by atoms with van der Waals surface area (Å²) in [6.07, 6.45) is 0. The minimum absolute atomic E-state index is 0.0953. The highest BCUT2D eigenvalue weighted by Gasteiger charge is 2.16. The van der Waals surface area contributed by atoms with Crippen molar-refractivity contribution in [2.75, 3.05) is 13.6 Å². The van der Waals surface area contributed by atoms with E-state index in [4.69, 9.17) is 11.6 Å². The molecule has 7 nitrogen and oxygen atoms in total. The summed E-state index contributed by atoms with van der Waals surface area (Å²) in [6, 6.07) is 11.1. The van der Waals surface area contributed by atoms with E-state index < -0.39 is 4.92 Å². The first-order valence-electron chi connectivity index (χ1n) is 7.49. The molecule has 26 heavy (non-hydrogen) atoms. The summed E-state index contributed by atoms with van der Waals surface area (Å²) in [6.45, 7) is -0.0923. The Kier molecular flexibility index (Phi) is 6.92. The van der Waals surface area contributed by atoms with Gasteiger partial charge in [0.25, 0.3) is 11.6 Å². The van der Waals surface area contributed by atoms with Crippen LogP contribution in [0.25, 0.3) is 0 Å². The standard InChI is InChI=1S/C17H15ClIN3O4/c1-21(10-11-8-12(22(25)26)6-7-14(11)18)16(23)9-20-17(24)13-4-2-3-5-15(13)19/h2-8H,9-10H2,1H3,(H,20,24). The number of likely N-dealkylation sites (N-methyl/N-ethyl adjacent to an activating group) is 1. The van der Waals surface area contributed by atoms with E-state index in [0.717, 1.165) is 3.57 Å². The monoisotopic (exact) mass is 487 g/mol. The molecule has 0 aromatic heterocycles. The lowest BCUT2D eigenvalue weighted by Crippen LogP contribution is -2.38. The highest BCUT2D eigenvalue weighted by atomic mass is 127. The van der Waals surface area contributed by atoms with Crippen LogP contribution in [-0.4, -0.2) is 35.2 Å². The van der Waals surface area contributed by atoms with E-state index in [1.54, 1.807) is 18.2 Å². The molecule has 136 valence electrons. The van der Waals surface area contributed by atoms with Crippen molar-refractivity contribution in [2.24, 2.45) is 0 Å². The molecular formula is C17H15ClIN3O4. The highest BCUT2D eigenvalue weighted by Crippen LogP contribution is 2.23. The second-order valence-corrected chi connectivity index (χ2v) is 7.01. The van der Waals surface area contributed by atoms with Gasteiger partial charge in [-0.05, 0) is 46.4 Å². The normalized spacial score (nSPS) is 10.3. The van der Waals surface area contributed by atoms with Crippen LogP contribution >= 0.6 is 34.2 Å². The van der Waals surface area contributed by atoms with E-state index in [2.05, 4.69) is 5.32 Å². The fourth-order valence-electron chi connectivity index (χ4n) is 2.17. The number of nitrogens with one attached hydrogen (secondary N) is 1. The number of carbonyl (C=O) groups excluding carboxylic acids is 2. The molecule has 2 rings (SSSR count). The van der Waals surface area contributed by atoms with E-state index in [1.807, 2.05) is 28.7 Å². The zero-order valence-corrected chi connectivity index (χ0v) is 16.7. The molecule has 0 saturated carbocycles. The average molecular weight is 488 g/mol. The fourth-order valence-corrected chi connectivity index (χ4v) is 2.98. The Labute approximate surface area is 168 Å². The van der Waals surface area contributed by atoms with E-state index in [1.165, 1.54) is 30.1 Å². The summed E-state index contributed by atoms with van der Waals surface area (Å²) in [7, 11) is 1.54. The summed E-state index contributed by atoms with van der Waals surface area (Å²) in [5, 5.41) is 13.8. The van der Waals surface area contributed by atoms with E-state index in [-0.39, 0.29) is 30.6 Å². The molecule has 0 aliphatic carbocycles. The third-order valence-electron chi connectivity index (χ3n) is 3.59. The second-order valence-electron chi connectivity index (χ2n) is 5.45. The molecule has 0 heterocycles. The Hall–Kier alpha value is -2.20. The maximum Gasteiger partial charge on any atom is 0.269 e. The lowest BCUT2D eigenvalue weighted by molar-refractivity contribution is -0.384. The van der Waals surface area contributed by atoms with Crippen molar-refractivity contribution in [3.05, 3.63) is 72.3 Å². The Balaban J connectivity index is 1.98. The number of nitrogens with zero attached hydrogens (tertiary/aromatic N) is 2. The van der Waals surface area contributed by atoms with Crippen molar-refractivity contribution >= 4 is 51.7 Å². The maximum atomic E-state index is 12.2. The Morgan fingerprint density at radius 3 is 2.62 bits per heavy atom. The molecule has 2 aromatic carbocycles. The average Bonchev–Trinajstić information content (AvgIpc) is 2.61. The van der Waals surface area contributed by atoms with Crippen LogP contribution in [0.5, 0.6) is 0 Å². The number of nitro groups is 1. The minimum Gasteiger partial charge on any atom is -0.343 e. The third-order valence-corrected chi connectivity index (χ3v) is 4.90. The third kappa shape index (κ3) is 5.15. The zero-order valence-electron chi connectivity index (χ0n) is 13.7. The summed E-state index contributed by atoms with van der Waals surface area (Å²) in [5.41, 5.74) is 0.850. The smallest absolute Gasteiger partial charge is 0.269 e. The molecule has 2 aromatic rings. The summed E-state index contributed by atoms with van der Waals surface area (Å²) in [5.74, 6) is -0.683. The van der Waals surface area contributed by atoms with Crippen molar-refractivity contribution in [3.63, 3.8) is 0 Å². The Morgan fingerprint density at radius 1 is 1.27 bits per heavy atom. The van der Waals surface area contributed by atoms with Crippen LogP contribution in [0.3, 0.4) is 0 Å². The van der Waals surface area contributed by atoms with E-state index >= 15 is 0 Å². The molecule has 0 aliphatic heterocycles. The number of non-ortho nitro benzene ring substituents is 1. The topological polar surface area (TPSA) is 92.5 Å². The first kappa shape index (κ1) is 20.1. The lowest BCUT2D eigenvalue weighted by Gasteiger charge is -2.18. The maximum absolute atomic E-state index is 12.2. The molecule has 1 N–H and O–H groups in total. The van der Waals surface area contributed by atoms with Gasteiger partial charge in [0, 0.05) is 34.3 Å². The first-order chi connectivity index (χ1) is 12.3. The number of carbonyl (C=O) groups is 2. The van der Waals surface area contributed by atoms with Gasteiger partial charge in [-0.1, -0.05) is 23.7 Å². The molecule has 2 amide bonds. The number of amides is 2. The molecule has 0 fully saturated rings. The predicted octanol–water partition coefficient (Wildman–Crippen LogP) is 3.24. The Bertz CT molecular complexity index is 860. The summed E-state index contributed by atoms with van der Waals surface area (Å²) in [4.78, 5) is 36.1. The van der Waals surface area contributed by atoms with Crippen molar-refractivity contribution in [3.8, 4) is 0 Å².